The molecule has 2 amide bonds. The zero-order chi connectivity index (χ0) is 20.1. The summed E-state index contributed by atoms with van der Waals surface area (Å²) in [6.07, 6.45) is 1.82. The molecule has 9 heteroatoms. The molecule has 0 radical (unpaired) electrons. The number of hydrogen-bond donors (Lipinski definition) is 1. The van der Waals surface area contributed by atoms with Gasteiger partial charge in [-0.05, 0) is 46.1 Å². The van der Waals surface area contributed by atoms with Gasteiger partial charge < -0.3 is 14.8 Å². The average molecular weight is 429 g/mol. The van der Waals surface area contributed by atoms with E-state index in [1.165, 1.54) is 17.4 Å². The highest BCUT2D eigenvalue weighted by atomic mass is 35.5. The molecule has 0 aliphatic carbocycles. The molecule has 0 saturated carbocycles. The Bertz CT molecular complexity index is 905. The largest absolute Gasteiger partial charge is 0.353 e. The maximum Gasteiger partial charge on any atom is 0.281 e. The second-order valence-corrected chi connectivity index (χ2v) is 8.40. The van der Waals surface area contributed by atoms with Crippen molar-refractivity contribution in [2.45, 2.75) is 19.9 Å². The summed E-state index contributed by atoms with van der Waals surface area (Å²) in [5.41, 5.74) is 0.266. The summed E-state index contributed by atoms with van der Waals surface area (Å²) in [6.45, 7) is 4.97. The number of nitrogens with zero attached hydrogens (tertiary/aromatic N) is 3. The molecule has 0 aliphatic rings. The van der Waals surface area contributed by atoms with Crippen LogP contribution in [0.2, 0.25) is 10.0 Å². The monoisotopic (exact) mass is 428 g/mol. The molecule has 146 valence electrons. The highest BCUT2D eigenvalue weighted by Crippen LogP contribution is 2.21. The van der Waals surface area contributed by atoms with Gasteiger partial charge in [-0.15, -0.1) is 11.3 Å². The van der Waals surface area contributed by atoms with Crippen LogP contribution in [0.1, 0.15) is 28.2 Å². The minimum Gasteiger partial charge on any atom is -0.353 e. The van der Waals surface area contributed by atoms with Crippen molar-refractivity contribution in [3.63, 3.8) is 0 Å². The Kier molecular flexibility index (Phi) is 7.61. The van der Waals surface area contributed by atoms with Crippen LogP contribution < -0.4 is 10.1 Å². The normalized spacial score (nSPS) is 13.1. The van der Waals surface area contributed by atoms with Crippen molar-refractivity contribution in [1.82, 2.24) is 14.8 Å². The number of thiazole rings is 1. The minimum absolute atomic E-state index is 0.131. The summed E-state index contributed by atoms with van der Waals surface area (Å²) in [6, 6.07) is 4.13. The highest BCUT2D eigenvalue weighted by Gasteiger charge is 2.18. The van der Waals surface area contributed by atoms with Crippen LogP contribution in [-0.4, -0.2) is 48.5 Å². The molecule has 0 fully saturated rings. The molecule has 2 rings (SSSR count). The third-order valence-corrected chi connectivity index (χ3v) is 5.27. The van der Waals surface area contributed by atoms with Crippen LogP contribution in [0.3, 0.4) is 0 Å². The van der Waals surface area contributed by atoms with E-state index in [4.69, 9.17) is 23.2 Å². The van der Waals surface area contributed by atoms with Gasteiger partial charge in [-0.25, -0.2) is 0 Å². The van der Waals surface area contributed by atoms with E-state index in [0.717, 1.165) is 11.4 Å². The van der Waals surface area contributed by atoms with Crippen molar-refractivity contribution in [3.05, 3.63) is 49.7 Å². The number of aryl methyl sites for hydroxylation is 1. The van der Waals surface area contributed by atoms with Gasteiger partial charge in [0.05, 0.1) is 10.6 Å². The van der Waals surface area contributed by atoms with E-state index in [9.17, 15) is 9.59 Å². The molecule has 27 heavy (non-hydrogen) atoms. The Hall–Kier alpha value is -1.67. The van der Waals surface area contributed by atoms with E-state index in [0.29, 0.717) is 16.4 Å². The van der Waals surface area contributed by atoms with Gasteiger partial charge in [0.25, 0.3) is 5.91 Å². The number of halogens is 2. The number of benzene rings is 1. The second kappa shape index (κ2) is 9.50. The molecule has 1 aromatic heterocycles. The first kappa shape index (κ1) is 21.6. The topological polar surface area (TPSA) is 66.7 Å². The van der Waals surface area contributed by atoms with Crippen molar-refractivity contribution in [2.75, 3.05) is 27.2 Å². The Morgan fingerprint density at radius 3 is 2.67 bits per heavy atom. The molecule has 2 aromatic rings. The maximum atomic E-state index is 12.5. The third kappa shape index (κ3) is 5.90. The molecule has 0 unspecified atom stereocenters. The molecule has 0 spiro atoms. The third-order valence-electron chi connectivity index (χ3n) is 3.81. The molecule has 0 bridgehead atoms. The van der Waals surface area contributed by atoms with Gasteiger partial charge in [-0.3, -0.25) is 9.59 Å². The maximum absolute atomic E-state index is 12.5. The Balaban J connectivity index is 2.27. The molecular formula is C18H22Cl2N4O2S. The summed E-state index contributed by atoms with van der Waals surface area (Å²) in [5, 5.41) is 3.58. The van der Waals surface area contributed by atoms with Crippen LogP contribution in [0.5, 0.6) is 0 Å². The van der Waals surface area contributed by atoms with Crippen molar-refractivity contribution >= 4 is 46.4 Å². The van der Waals surface area contributed by atoms with Crippen LogP contribution in [0, 0.1) is 6.92 Å². The van der Waals surface area contributed by atoms with Gasteiger partial charge in [-0.1, -0.05) is 23.2 Å². The number of aromatic nitrogens is 1. The van der Waals surface area contributed by atoms with Gasteiger partial charge in [-0.2, -0.15) is 4.99 Å². The van der Waals surface area contributed by atoms with Gasteiger partial charge in [0.1, 0.15) is 6.04 Å². The first-order valence-electron chi connectivity index (χ1n) is 8.34. The van der Waals surface area contributed by atoms with Crippen LogP contribution in [0.4, 0.5) is 0 Å². The van der Waals surface area contributed by atoms with E-state index in [1.807, 2.05) is 32.1 Å². The molecule has 0 saturated heterocycles. The van der Waals surface area contributed by atoms with Crippen molar-refractivity contribution in [3.8, 4) is 0 Å². The smallest absolute Gasteiger partial charge is 0.281 e. The number of carbonyl (C=O) groups is 2. The lowest BCUT2D eigenvalue weighted by molar-refractivity contribution is -0.123. The lowest BCUT2D eigenvalue weighted by atomic mass is 10.2. The van der Waals surface area contributed by atoms with Crippen LogP contribution >= 0.6 is 34.5 Å². The Morgan fingerprint density at radius 1 is 1.33 bits per heavy atom. The molecule has 1 aromatic carbocycles. The SMILES string of the molecule is Cc1cn([C@H](C)C(=O)NCCN(C)C)c(=NC(=O)c2ccc(Cl)cc2Cl)s1. The van der Waals surface area contributed by atoms with E-state index in [2.05, 4.69) is 10.3 Å². The molecule has 0 aliphatic heterocycles. The van der Waals surface area contributed by atoms with Gasteiger partial charge in [0.2, 0.25) is 5.91 Å². The average Bonchev–Trinajstić information content (AvgIpc) is 2.93. The fourth-order valence-electron chi connectivity index (χ4n) is 2.32. The Labute approximate surface area is 172 Å². The number of rotatable bonds is 6. The molecule has 1 N–H and O–H groups in total. The summed E-state index contributed by atoms with van der Waals surface area (Å²) >= 11 is 13.3. The number of hydrogen-bond acceptors (Lipinski definition) is 4. The zero-order valence-electron chi connectivity index (χ0n) is 15.6. The van der Waals surface area contributed by atoms with Gasteiger partial charge >= 0.3 is 0 Å². The fraction of sp³-hybridized carbons (Fsp3) is 0.389. The zero-order valence-corrected chi connectivity index (χ0v) is 18.0. The molecule has 1 atom stereocenters. The first-order valence-corrected chi connectivity index (χ1v) is 9.91. The summed E-state index contributed by atoms with van der Waals surface area (Å²) < 4.78 is 1.70. The summed E-state index contributed by atoms with van der Waals surface area (Å²) in [7, 11) is 3.88. The predicted octanol–water partition coefficient (Wildman–Crippen LogP) is 3.14. The van der Waals surface area contributed by atoms with Crippen molar-refractivity contribution < 1.29 is 9.59 Å². The number of likely N-dealkylation sites (N-methyl/N-ethyl adjacent to an activating group) is 1. The number of nitrogens with one attached hydrogen (secondary N) is 1. The number of carbonyl (C=O) groups excluding carboxylic acids is 2. The standard InChI is InChI=1S/C18H22Cl2N4O2S/c1-11-10-24(12(2)16(25)21-7-8-23(3)4)18(27-11)22-17(26)14-6-5-13(19)9-15(14)20/h5-6,9-10,12H,7-8H2,1-4H3,(H,21,25)/t12-/m1/s1. The highest BCUT2D eigenvalue weighted by molar-refractivity contribution is 7.09. The second-order valence-electron chi connectivity index (χ2n) is 6.34. The van der Waals surface area contributed by atoms with Crippen LogP contribution in [-0.2, 0) is 4.79 Å². The minimum atomic E-state index is -0.496. The molecule has 1 heterocycles. The fourth-order valence-corrected chi connectivity index (χ4v) is 3.71. The lowest BCUT2D eigenvalue weighted by Gasteiger charge is -2.15. The quantitative estimate of drug-likeness (QED) is 0.767. The van der Waals surface area contributed by atoms with Gasteiger partial charge in [0.15, 0.2) is 4.80 Å². The lowest BCUT2D eigenvalue weighted by Crippen LogP contribution is -2.37. The van der Waals surface area contributed by atoms with E-state index in [-0.39, 0.29) is 16.5 Å². The summed E-state index contributed by atoms with van der Waals surface area (Å²) in [4.78, 5) is 32.5. The molecule has 6 nitrogen and oxygen atoms in total. The van der Waals surface area contributed by atoms with E-state index < -0.39 is 11.9 Å². The van der Waals surface area contributed by atoms with Crippen molar-refractivity contribution in [2.24, 2.45) is 4.99 Å². The van der Waals surface area contributed by atoms with Crippen molar-refractivity contribution in [1.29, 1.82) is 0 Å². The first-order chi connectivity index (χ1) is 12.7. The number of amides is 2. The van der Waals surface area contributed by atoms with Gasteiger partial charge in [0, 0.05) is 29.2 Å². The predicted molar refractivity (Wildman–Crippen MR) is 110 cm³/mol. The van der Waals surface area contributed by atoms with Crippen LogP contribution in [0.25, 0.3) is 0 Å². The molecular weight excluding hydrogens is 407 g/mol. The van der Waals surface area contributed by atoms with E-state index in [1.54, 1.807) is 23.6 Å². The van der Waals surface area contributed by atoms with E-state index >= 15 is 0 Å². The van der Waals surface area contributed by atoms with Crippen LogP contribution in [0.15, 0.2) is 29.4 Å². The Morgan fingerprint density at radius 2 is 2.04 bits per heavy atom. The summed E-state index contributed by atoms with van der Waals surface area (Å²) in [5.74, 6) is -0.611.